The number of H-pyrrole nitrogens is 1. The molecule has 3 aromatic rings. The Morgan fingerprint density at radius 3 is 2.90 bits per heavy atom. The fourth-order valence-electron chi connectivity index (χ4n) is 3.08. The van der Waals surface area contributed by atoms with Gasteiger partial charge in [0.2, 0.25) is 0 Å². The molecule has 1 aliphatic rings. The van der Waals surface area contributed by atoms with Gasteiger partial charge in [-0.3, -0.25) is 0 Å². The minimum atomic E-state index is -0.659. The summed E-state index contributed by atoms with van der Waals surface area (Å²) in [7, 11) is 1.27. The number of carbonyl (C=O) groups excluding carboxylic acids is 1. The number of aromatic amines is 1. The first-order valence-electron chi connectivity index (χ1n) is 9.24. The van der Waals surface area contributed by atoms with E-state index in [0.717, 1.165) is 24.2 Å². The molecule has 1 fully saturated rings. The van der Waals surface area contributed by atoms with E-state index in [1.165, 1.54) is 18.9 Å². The zero-order valence-corrected chi connectivity index (χ0v) is 16.8. The molecule has 0 bridgehead atoms. The molecular formula is C20H21N5O3S. The van der Waals surface area contributed by atoms with Crippen molar-refractivity contribution in [1.82, 2.24) is 24.7 Å². The molecule has 0 amide bonds. The highest BCUT2D eigenvalue weighted by atomic mass is 32.2. The minimum absolute atomic E-state index is 0.00778. The normalized spacial score (nSPS) is 14.7. The van der Waals surface area contributed by atoms with Gasteiger partial charge >= 0.3 is 5.97 Å². The van der Waals surface area contributed by atoms with Crippen LogP contribution < -0.4 is 0 Å². The van der Waals surface area contributed by atoms with Crippen molar-refractivity contribution in [3.05, 3.63) is 54.3 Å². The van der Waals surface area contributed by atoms with E-state index in [2.05, 4.69) is 26.7 Å². The number of hydrogen-bond acceptors (Lipinski definition) is 7. The number of nitrogens with one attached hydrogen (secondary N) is 1. The summed E-state index contributed by atoms with van der Waals surface area (Å²) in [6.45, 7) is 4.39. The Hall–Kier alpha value is -3.07. The number of para-hydroxylation sites is 2. The number of nitrogens with zero attached hydrogens (tertiary/aromatic N) is 4. The maximum Gasteiger partial charge on any atom is 0.345 e. The lowest BCUT2D eigenvalue weighted by atomic mass is 10.2. The van der Waals surface area contributed by atoms with E-state index in [4.69, 9.17) is 4.74 Å². The summed E-state index contributed by atoms with van der Waals surface area (Å²) in [6.07, 6.45) is 4.02. The van der Waals surface area contributed by atoms with E-state index in [9.17, 15) is 9.90 Å². The molecule has 0 radical (unpaired) electrons. The van der Waals surface area contributed by atoms with Crippen LogP contribution >= 0.6 is 11.8 Å². The van der Waals surface area contributed by atoms with E-state index in [0.29, 0.717) is 23.1 Å². The second-order valence-corrected chi connectivity index (χ2v) is 7.66. The van der Waals surface area contributed by atoms with Crippen LogP contribution in [-0.2, 0) is 16.1 Å². The molecule has 9 heteroatoms. The highest BCUT2D eigenvalue weighted by Gasteiger charge is 2.30. The van der Waals surface area contributed by atoms with Gasteiger partial charge in [0.15, 0.2) is 5.16 Å². The number of benzene rings is 1. The molecule has 0 saturated heterocycles. The molecule has 150 valence electrons. The van der Waals surface area contributed by atoms with Gasteiger partial charge in [-0.25, -0.2) is 9.78 Å². The lowest BCUT2D eigenvalue weighted by Crippen LogP contribution is -2.10. The van der Waals surface area contributed by atoms with Crippen LogP contribution in [0.15, 0.2) is 47.8 Å². The third-order valence-corrected chi connectivity index (χ3v) is 5.62. The highest BCUT2D eigenvalue weighted by Crippen LogP contribution is 2.40. The molecule has 1 aliphatic carbocycles. The molecule has 2 aromatic heterocycles. The first kappa shape index (κ1) is 19.3. The van der Waals surface area contributed by atoms with E-state index in [1.807, 2.05) is 28.8 Å². The van der Waals surface area contributed by atoms with Crippen LogP contribution in [0.3, 0.4) is 0 Å². The molecule has 29 heavy (non-hydrogen) atoms. The average molecular weight is 411 g/mol. The zero-order valence-electron chi connectivity index (χ0n) is 16.0. The molecule has 1 aromatic carbocycles. The number of carbonyl (C=O) groups is 1. The minimum Gasteiger partial charge on any atom is -0.510 e. The number of ether oxygens (including phenoxy) is 1. The van der Waals surface area contributed by atoms with Crippen molar-refractivity contribution in [1.29, 1.82) is 0 Å². The highest BCUT2D eigenvalue weighted by molar-refractivity contribution is 7.99. The molecule has 2 heterocycles. The number of allylic oxidation sites excluding steroid dienone is 1. The van der Waals surface area contributed by atoms with Crippen LogP contribution in [-0.4, -0.2) is 48.7 Å². The zero-order chi connectivity index (χ0) is 20.4. The molecule has 0 atom stereocenters. The Morgan fingerprint density at radius 2 is 2.21 bits per heavy atom. The Kier molecular flexibility index (Phi) is 5.39. The van der Waals surface area contributed by atoms with Crippen LogP contribution in [0.5, 0.6) is 0 Å². The first-order valence-corrected chi connectivity index (χ1v) is 10.2. The van der Waals surface area contributed by atoms with Gasteiger partial charge in [-0.15, -0.1) is 16.8 Å². The number of methoxy groups -OCH3 is 1. The fourth-order valence-corrected chi connectivity index (χ4v) is 3.91. The lowest BCUT2D eigenvalue weighted by Gasteiger charge is -2.09. The second kappa shape index (κ2) is 8.12. The van der Waals surface area contributed by atoms with Crippen LogP contribution in [0.1, 0.15) is 30.4 Å². The van der Waals surface area contributed by atoms with E-state index in [1.54, 1.807) is 6.08 Å². The second-order valence-electron chi connectivity index (χ2n) is 6.72. The van der Waals surface area contributed by atoms with Crippen LogP contribution in [0, 0.1) is 0 Å². The molecule has 2 N–H and O–H groups in total. The van der Waals surface area contributed by atoms with Crippen molar-refractivity contribution in [3.8, 4) is 0 Å². The number of imidazole rings is 1. The number of aromatic nitrogens is 5. The van der Waals surface area contributed by atoms with Gasteiger partial charge in [0.1, 0.15) is 23.0 Å². The quantitative estimate of drug-likeness (QED) is 0.192. The van der Waals surface area contributed by atoms with Crippen LogP contribution in [0.25, 0.3) is 16.6 Å². The number of thioether (sulfide) groups is 1. The topological polar surface area (TPSA) is 106 Å². The summed E-state index contributed by atoms with van der Waals surface area (Å²) in [4.78, 5) is 19.8. The maximum atomic E-state index is 12.4. The van der Waals surface area contributed by atoms with Gasteiger partial charge < -0.3 is 19.4 Å². The molecule has 0 unspecified atom stereocenters. The predicted octanol–water partition coefficient (Wildman–Crippen LogP) is 3.45. The summed E-state index contributed by atoms with van der Waals surface area (Å²) in [6, 6.07) is 7.40. The Bertz CT molecular complexity index is 1060. The van der Waals surface area contributed by atoms with E-state index >= 15 is 0 Å². The van der Waals surface area contributed by atoms with Crippen LogP contribution in [0.2, 0.25) is 0 Å². The Morgan fingerprint density at radius 1 is 1.41 bits per heavy atom. The van der Waals surface area contributed by atoms with Crippen molar-refractivity contribution in [3.63, 3.8) is 0 Å². The lowest BCUT2D eigenvalue weighted by molar-refractivity contribution is -0.133. The molecule has 1 saturated carbocycles. The summed E-state index contributed by atoms with van der Waals surface area (Å²) < 4.78 is 6.87. The average Bonchev–Trinajstić information content (AvgIpc) is 3.36. The van der Waals surface area contributed by atoms with Crippen molar-refractivity contribution < 1.29 is 14.6 Å². The van der Waals surface area contributed by atoms with Crippen molar-refractivity contribution >= 4 is 34.3 Å². The number of esters is 1. The van der Waals surface area contributed by atoms with Gasteiger partial charge in [-0.1, -0.05) is 30.0 Å². The summed E-state index contributed by atoms with van der Waals surface area (Å²) in [5.74, 6) is 0.989. The Labute approximate surface area is 171 Å². The molecule has 4 rings (SSSR count). The summed E-state index contributed by atoms with van der Waals surface area (Å²) >= 11 is 1.30. The van der Waals surface area contributed by atoms with Gasteiger partial charge in [-0.05, 0) is 25.0 Å². The van der Waals surface area contributed by atoms with Gasteiger partial charge in [0.25, 0.3) is 0 Å². The van der Waals surface area contributed by atoms with Gasteiger partial charge in [0, 0.05) is 12.5 Å². The predicted molar refractivity (Wildman–Crippen MR) is 111 cm³/mol. The molecule has 0 spiro atoms. The fraction of sp³-hybridized carbons (Fsp3) is 0.300. The Balaban J connectivity index is 1.63. The van der Waals surface area contributed by atoms with Crippen molar-refractivity contribution in [2.24, 2.45) is 0 Å². The van der Waals surface area contributed by atoms with Crippen molar-refractivity contribution in [2.45, 2.75) is 30.5 Å². The monoisotopic (exact) mass is 411 g/mol. The smallest absolute Gasteiger partial charge is 0.345 e. The number of aliphatic hydroxyl groups excluding tert-OH is 1. The largest absolute Gasteiger partial charge is 0.510 e. The third kappa shape index (κ3) is 3.91. The standard InChI is InChI=1S/C20H21N5O3S/c1-3-10-25-18(12-8-9-12)23-24-20(25)29-11-15(26)16(19(27)28-2)17-21-13-6-4-5-7-14(13)22-17/h3-7,12,26H,1,8-11H2,2H3,(H,21,22)/b16-15+. The maximum absolute atomic E-state index is 12.4. The number of rotatable bonds is 8. The van der Waals surface area contributed by atoms with Crippen LogP contribution in [0.4, 0.5) is 0 Å². The van der Waals surface area contributed by atoms with E-state index in [-0.39, 0.29) is 22.9 Å². The number of hydrogen-bond donors (Lipinski definition) is 2. The number of fused-ring (bicyclic) bond motifs is 1. The molecular weight excluding hydrogens is 390 g/mol. The van der Waals surface area contributed by atoms with E-state index < -0.39 is 5.97 Å². The first-order chi connectivity index (χ1) is 14.1. The van der Waals surface area contributed by atoms with Gasteiger partial charge in [0.05, 0.1) is 23.9 Å². The summed E-state index contributed by atoms with van der Waals surface area (Å²) in [5, 5.41) is 19.9. The molecule has 8 nitrogen and oxygen atoms in total. The van der Waals surface area contributed by atoms with Gasteiger partial charge in [-0.2, -0.15) is 0 Å². The third-order valence-electron chi connectivity index (χ3n) is 4.64. The molecule has 0 aliphatic heterocycles. The number of aliphatic hydroxyl groups is 1. The summed E-state index contributed by atoms with van der Waals surface area (Å²) in [5.41, 5.74) is 1.47. The van der Waals surface area contributed by atoms with Crippen molar-refractivity contribution in [2.75, 3.05) is 12.9 Å². The SMILES string of the molecule is C=CCn1c(SC/C(O)=C(\C(=O)OC)c2nc3ccccc3[nH]2)nnc1C1CC1.